The van der Waals surface area contributed by atoms with Crippen molar-refractivity contribution in [3.05, 3.63) is 32.9 Å². The van der Waals surface area contributed by atoms with Gasteiger partial charge in [0.1, 0.15) is 18.8 Å². The van der Waals surface area contributed by atoms with Crippen LogP contribution in [0.25, 0.3) is 0 Å². The lowest BCUT2D eigenvalue weighted by Crippen LogP contribution is -2.57. The van der Waals surface area contributed by atoms with E-state index in [0.717, 1.165) is 0 Å². The summed E-state index contributed by atoms with van der Waals surface area (Å²) >= 11 is 1.92. The third-order valence-electron chi connectivity index (χ3n) is 5.47. The van der Waals surface area contributed by atoms with E-state index in [1.54, 1.807) is 13.0 Å². The van der Waals surface area contributed by atoms with Crippen molar-refractivity contribution in [2.45, 2.75) is 57.2 Å². The number of benzene rings is 1. The Morgan fingerprint density at radius 1 is 1.28 bits per heavy atom. The van der Waals surface area contributed by atoms with Gasteiger partial charge in [-0.3, -0.25) is 9.59 Å². The number of hydrogen-bond donors (Lipinski definition) is 4. The number of ether oxygens (including phenoxy) is 2. The first-order valence-electron chi connectivity index (χ1n) is 11.2. The molecule has 0 aromatic heterocycles. The highest BCUT2D eigenvalue weighted by atomic mass is 127. The molecular weight excluding hydrogens is 600 g/mol. The Bertz CT molecular complexity index is 958. The number of nitrogens with zero attached hydrogens (tertiary/aromatic N) is 1. The van der Waals surface area contributed by atoms with Gasteiger partial charge in [0.15, 0.2) is 11.5 Å². The zero-order valence-electron chi connectivity index (χ0n) is 19.8. The summed E-state index contributed by atoms with van der Waals surface area (Å²) in [6.45, 7) is -0.679. The molecule has 0 radical (unpaired) electrons. The first kappa shape index (κ1) is 30.1. The Hall–Kier alpha value is -2.10. The van der Waals surface area contributed by atoms with E-state index >= 15 is 0 Å². The molecule has 1 aliphatic carbocycles. The van der Waals surface area contributed by atoms with Gasteiger partial charge in [-0.1, -0.05) is 6.92 Å². The minimum absolute atomic E-state index is 0.00109. The number of amides is 2. The molecule has 4 N–H and O–H groups in total. The predicted octanol–water partition coefficient (Wildman–Crippen LogP) is 1.90. The first-order valence-corrected chi connectivity index (χ1v) is 12.3. The summed E-state index contributed by atoms with van der Waals surface area (Å²) in [6.07, 6.45) is -6.59. The Labute approximate surface area is 220 Å². The number of halogens is 4. The number of nitrogens with one attached hydrogen (secondary N) is 1. The molecular formula is C23H30F3IN2O7. The lowest BCUT2D eigenvalue weighted by Gasteiger charge is -2.41. The van der Waals surface area contributed by atoms with Crippen molar-refractivity contribution in [3.63, 3.8) is 0 Å². The van der Waals surface area contributed by atoms with Crippen LogP contribution >= 0.6 is 22.6 Å². The van der Waals surface area contributed by atoms with Gasteiger partial charge in [-0.05, 0) is 52.8 Å². The number of carbonyl (C=O) groups excluding carboxylic acids is 2. The molecule has 0 saturated heterocycles. The summed E-state index contributed by atoms with van der Waals surface area (Å²) in [7, 11) is 1.36. The van der Waals surface area contributed by atoms with Gasteiger partial charge < -0.3 is 35.0 Å². The maximum absolute atomic E-state index is 13.4. The van der Waals surface area contributed by atoms with Gasteiger partial charge >= 0.3 is 6.18 Å². The van der Waals surface area contributed by atoms with Crippen LogP contribution in [-0.2, 0) is 16.2 Å². The molecule has 3 unspecified atom stereocenters. The van der Waals surface area contributed by atoms with Crippen LogP contribution in [0.3, 0.4) is 0 Å². The molecule has 1 aromatic rings. The number of carbonyl (C=O) groups is 2. The summed E-state index contributed by atoms with van der Waals surface area (Å²) in [5.41, 5.74) is 0.521. The first-order chi connectivity index (χ1) is 16.9. The number of rotatable bonds is 11. The van der Waals surface area contributed by atoms with Crippen LogP contribution in [0.2, 0.25) is 0 Å². The van der Waals surface area contributed by atoms with Crippen molar-refractivity contribution in [3.8, 4) is 11.5 Å². The van der Waals surface area contributed by atoms with Crippen LogP contribution in [-0.4, -0.2) is 83.3 Å². The van der Waals surface area contributed by atoms with Crippen LogP contribution in [0.1, 0.15) is 31.7 Å². The molecule has 1 aliphatic rings. The van der Waals surface area contributed by atoms with Gasteiger partial charge in [0.25, 0.3) is 0 Å². The summed E-state index contributed by atoms with van der Waals surface area (Å²) in [5.74, 6) is -1.13. The largest absolute Gasteiger partial charge is 0.493 e. The van der Waals surface area contributed by atoms with Gasteiger partial charge in [0.05, 0.1) is 29.9 Å². The van der Waals surface area contributed by atoms with E-state index in [2.05, 4.69) is 5.32 Å². The molecule has 0 aliphatic heterocycles. The van der Waals surface area contributed by atoms with E-state index in [0.29, 0.717) is 20.5 Å². The Morgan fingerprint density at radius 3 is 2.53 bits per heavy atom. The number of methoxy groups -OCH3 is 1. The summed E-state index contributed by atoms with van der Waals surface area (Å²) < 4.78 is 52.0. The fourth-order valence-corrected chi connectivity index (χ4v) is 4.63. The lowest BCUT2D eigenvalue weighted by molar-refractivity contribution is -0.172. The second kappa shape index (κ2) is 13.4. The monoisotopic (exact) mass is 630 g/mol. The molecule has 202 valence electrons. The molecule has 3 atom stereocenters. The van der Waals surface area contributed by atoms with Crippen LogP contribution in [0.5, 0.6) is 11.5 Å². The maximum Gasteiger partial charge on any atom is 0.406 e. The Kier molecular flexibility index (Phi) is 11.3. The smallest absolute Gasteiger partial charge is 0.406 e. The molecule has 36 heavy (non-hydrogen) atoms. The molecule has 0 saturated carbocycles. The van der Waals surface area contributed by atoms with Crippen molar-refractivity contribution in [1.82, 2.24) is 10.2 Å². The van der Waals surface area contributed by atoms with Crippen molar-refractivity contribution in [2.75, 3.05) is 26.8 Å². The molecule has 0 bridgehead atoms. The van der Waals surface area contributed by atoms with E-state index in [1.807, 2.05) is 22.6 Å². The summed E-state index contributed by atoms with van der Waals surface area (Å²) in [5, 5.41) is 32.0. The van der Waals surface area contributed by atoms with Crippen molar-refractivity contribution < 1.29 is 47.6 Å². The summed E-state index contributed by atoms with van der Waals surface area (Å²) in [4.78, 5) is 25.9. The fraction of sp³-hybridized carbons (Fsp3) is 0.565. The highest BCUT2D eigenvalue weighted by molar-refractivity contribution is 14.1. The van der Waals surface area contributed by atoms with Crippen molar-refractivity contribution >= 4 is 34.4 Å². The molecule has 0 spiro atoms. The van der Waals surface area contributed by atoms with E-state index in [-0.39, 0.29) is 49.7 Å². The minimum Gasteiger partial charge on any atom is -0.493 e. The highest BCUT2D eigenvalue weighted by Gasteiger charge is 2.44. The Morgan fingerprint density at radius 2 is 1.97 bits per heavy atom. The highest BCUT2D eigenvalue weighted by Crippen LogP contribution is 2.37. The van der Waals surface area contributed by atoms with Crippen molar-refractivity contribution in [1.29, 1.82) is 0 Å². The van der Waals surface area contributed by atoms with Gasteiger partial charge in [-0.2, -0.15) is 13.2 Å². The van der Waals surface area contributed by atoms with E-state index in [9.17, 15) is 33.0 Å². The quantitative estimate of drug-likeness (QED) is 0.275. The molecule has 2 amide bonds. The molecule has 9 nitrogen and oxygen atoms in total. The van der Waals surface area contributed by atoms with Crippen LogP contribution in [0.4, 0.5) is 13.2 Å². The molecule has 0 fully saturated rings. The molecule has 0 heterocycles. The molecule has 13 heteroatoms. The molecule has 2 rings (SSSR count). The standard InChI is InChI=1S/C23H30F3IN2O7/c1-3-4-19(32)29(12-23(24,25)26)16-9-14(22(34)28-5-6-30)10-17(20(16)33)36-21-15(27)7-13(11-31)8-18(21)35-2/h7-8,10,16-17,20,30-31,33H,3-6,9,11-12H2,1-2H3,(H,28,34). The topological polar surface area (TPSA) is 129 Å². The van der Waals surface area contributed by atoms with Crippen LogP contribution in [0, 0.1) is 3.57 Å². The van der Waals surface area contributed by atoms with Crippen LogP contribution < -0.4 is 14.8 Å². The number of alkyl halides is 3. The normalized spacial score (nSPS) is 19.9. The third-order valence-corrected chi connectivity index (χ3v) is 6.28. The average Bonchev–Trinajstić information content (AvgIpc) is 2.82. The van der Waals surface area contributed by atoms with E-state index in [4.69, 9.17) is 14.6 Å². The summed E-state index contributed by atoms with van der Waals surface area (Å²) in [6, 6.07) is 1.70. The van der Waals surface area contributed by atoms with E-state index < -0.39 is 42.8 Å². The van der Waals surface area contributed by atoms with Gasteiger partial charge in [0.2, 0.25) is 11.8 Å². The lowest BCUT2D eigenvalue weighted by atomic mass is 9.88. The average molecular weight is 630 g/mol. The van der Waals surface area contributed by atoms with Crippen LogP contribution in [0.15, 0.2) is 23.8 Å². The maximum atomic E-state index is 13.4. The zero-order chi connectivity index (χ0) is 27.0. The van der Waals surface area contributed by atoms with Gasteiger partial charge in [-0.15, -0.1) is 0 Å². The van der Waals surface area contributed by atoms with Crippen molar-refractivity contribution in [2.24, 2.45) is 0 Å². The number of aliphatic hydroxyl groups excluding tert-OH is 3. The second-order valence-electron chi connectivity index (χ2n) is 8.17. The van der Waals surface area contributed by atoms with Gasteiger partial charge in [-0.25, -0.2) is 0 Å². The Balaban J connectivity index is 2.53. The predicted molar refractivity (Wildman–Crippen MR) is 131 cm³/mol. The van der Waals surface area contributed by atoms with E-state index in [1.165, 1.54) is 19.3 Å². The molecule has 1 aromatic carbocycles. The zero-order valence-corrected chi connectivity index (χ0v) is 22.0. The number of hydrogen-bond acceptors (Lipinski definition) is 7. The SMILES string of the molecule is CCCC(=O)N(CC(F)(F)F)C1CC(C(=O)NCCO)=CC(Oc2c(I)cc(CO)cc2OC)C1O. The second-order valence-corrected chi connectivity index (χ2v) is 9.33. The minimum atomic E-state index is -4.74. The number of aliphatic hydroxyl groups is 3. The fourth-order valence-electron chi connectivity index (χ4n) is 3.84. The van der Waals surface area contributed by atoms with Gasteiger partial charge in [0, 0.05) is 25.0 Å². The third kappa shape index (κ3) is 7.95.